The van der Waals surface area contributed by atoms with Gasteiger partial charge in [-0.05, 0) is 119 Å². The van der Waals surface area contributed by atoms with Crippen LogP contribution in [0.3, 0.4) is 0 Å². The van der Waals surface area contributed by atoms with E-state index in [4.69, 9.17) is 53.6 Å². The van der Waals surface area contributed by atoms with E-state index in [2.05, 4.69) is 86.0 Å². The number of rotatable bonds is 16. The molecule has 11 rings (SSSR count). The third-order valence-corrected chi connectivity index (χ3v) is 18.7. The maximum absolute atomic E-state index is 12.8. The van der Waals surface area contributed by atoms with Crippen LogP contribution < -0.4 is 16.0 Å². The van der Waals surface area contributed by atoms with Crippen LogP contribution in [0.4, 0.5) is 28.8 Å². The monoisotopic (exact) mass is 1680 g/mol. The third-order valence-electron chi connectivity index (χ3n) is 18.7. The number of aliphatic carboxylic acids is 2. The summed E-state index contributed by atoms with van der Waals surface area (Å²) in [6.07, 6.45) is -1.15. The number of amides is 6. The van der Waals surface area contributed by atoms with Crippen LogP contribution in [-0.4, -0.2) is 270 Å². The standard InChI is InChI=1S/C24H24N2O6.C16H14O2.C15H24N2O6.C11H18N4O4.C11H19NO5.C5H9NO3.C2H4/c1-2-11-31-23(29)25-15-12-21(22(27)28)26(13-15)24(30)32-14-20-18-9-5-3-7-16(18)17-8-4-6-10-19(17)20;1-11(17)18-10-16-14-8-4-2-6-12(14)13-7-3-5-9-15(13)16;1-6-7-22-13(19)16-10-8-11(12(18)21-5)17(9-10)14(20)23-15(2,3)4;1-11(2,3)19-10(17)15-6-7(13-14-12)5-8(15)9(16)18-4;1-11(2,3)17-10(15)12-6-7(13)5-8(12)9(14)16-4;7-3-1-4(5(8)9)6-2-3;1-2/h2-10,15,20-21H,1,11-14H2,(H,25,29)(H,27,28);2-9,16H,10H2,1H3;6,10-11H,1,7-9H2,2-5H3,(H,16,19);7-8H,5-6H2,1-4H3;7-8,13H,5-6H2,1-4H3;3-4,6-7H,1-2H2,(H,8,9);1-2H2/t15-,21-;;10-,11-;7-,8-;7-,8+;3-,4+;/m0.0011./s1. The Bertz CT molecular complexity index is 4190. The van der Waals surface area contributed by atoms with Crippen LogP contribution in [0, 0.1) is 0 Å². The van der Waals surface area contributed by atoms with E-state index >= 15 is 0 Å². The van der Waals surface area contributed by atoms with E-state index in [0.717, 1.165) is 27.2 Å². The molecule has 5 fully saturated rings. The fourth-order valence-electron chi connectivity index (χ4n) is 13.7. The molecule has 36 nitrogen and oxygen atoms in total. The highest BCUT2D eigenvalue weighted by Crippen LogP contribution is 2.46. The van der Waals surface area contributed by atoms with Crippen molar-refractivity contribution >= 4 is 72.4 Å². The summed E-state index contributed by atoms with van der Waals surface area (Å²) in [5, 5.41) is 47.6. The van der Waals surface area contributed by atoms with E-state index < -0.39 is 144 Å². The Morgan fingerprint density at radius 3 is 1.17 bits per heavy atom. The summed E-state index contributed by atoms with van der Waals surface area (Å²) in [5.41, 5.74) is 15.8. The van der Waals surface area contributed by atoms with Crippen LogP contribution in [0.5, 0.6) is 0 Å². The van der Waals surface area contributed by atoms with Crippen molar-refractivity contribution in [2.45, 2.75) is 191 Å². The molecule has 2 aliphatic carbocycles. The zero-order valence-electron chi connectivity index (χ0n) is 69.9. The summed E-state index contributed by atoms with van der Waals surface area (Å²) in [4.78, 5) is 148. The van der Waals surface area contributed by atoms with Gasteiger partial charge in [0.1, 0.15) is 73.4 Å². The minimum atomic E-state index is -1.15. The maximum atomic E-state index is 12.8. The lowest BCUT2D eigenvalue weighted by molar-refractivity contribution is -0.146. The van der Waals surface area contributed by atoms with Gasteiger partial charge in [-0.3, -0.25) is 29.2 Å². The van der Waals surface area contributed by atoms with Crippen molar-refractivity contribution in [3.63, 3.8) is 0 Å². The molecule has 4 aromatic carbocycles. The SMILES string of the molecule is C=C.C=CCOC(=O)N[C@H]1C[C@@H](C(=O)O)N(C(=O)OCC2c3ccccc3-c3ccccc32)C1.C=CCOC(=O)N[C@H]1C[C@@H](C(=O)OC)N(C(=O)OC(C)(C)C)C1.CC(=O)OCC1c2ccccc2-c2ccccc21.COC(=O)[C@@H]1C[C@@H](O)CN1C(=O)OC(C)(C)C.COC(=O)[C@@H]1C[C@H](N=[N+]=[N-])CN1C(=O)OC(C)(C)C.O=C(O)[C@@H]1C[C@@H](O)CN1. The van der Waals surface area contributed by atoms with Gasteiger partial charge in [-0.2, -0.15) is 0 Å². The van der Waals surface area contributed by atoms with Gasteiger partial charge < -0.3 is 83.7 Å². The Hall–Kier alpha value is -12.3. The molecule has 4 aromatic rings. The number of azide groups is 1. The van der Waals surface area contributed by atoms with E-state index in [0.29, 0.717) is 19.6 Å². The first-order chi connectivity index (χ1) is 56.7. The Morgan fingerprint density at radius 1 is 0.483 bits per heavy atom. The first kappa shape index (κ1) is 98.3. The first-order valence-corrected chi connectivity index (χ1v) is 38.5. The molecule has 7 aliphatic rings. The molecule has 0 saturated carbocycles. The number of β-amino-alcohol motifs (C(OH)–C–C–N with tert-alkyl or cyclic N) is 2. The summed E-state index contributed by atoms with van der Waals surface area (Å²) < 4.78 is 50.1. The van der Waals surface area contributed by atoms with Crippen LogP contribution >= 0.6 is 0 Å². The highest BCUT2D eigenvalue weighted by atomic mass is 16.6. The van der Waals surface area contributed by atoms with E-state index in [9.17, 15) is 67.7 Å². The van der Waals surface area contributed by atoms with Crippen molar-refractivity contribution in [2.75, 3.05) is 80.5 Å². The average Bonchev–Trinajstić information content (AvgIpc) is 1.62. The fourth-order valence-corrected chi connectivity index (χ4v) is 13.7. The summed E-state index contributed by atoms with van der Waals surface area (Å²) in [6.45, 7) is 31.4. The van der Waals surface area contributed by atoms with Crippen LogP contribution in [0.1, 0.15) is 135 Å². The maximum Gasteiger partial charge on any atom is 0.411 e. The molecule has 36 heteroatoms. The third kappa shape index (κ3) is 29.4. The summed E-state index contributed by atoms with van der Waals surface area (Å²) in [5.74, 6) is -3.85. The second-order valence-corrected chi connectivity index (χ2v) is 31.0. The largest absolute Gasteiger partial charge is 0.480 e. The number of likely N-dealkylation sites (tertiary alicyclic amines) is 4. The average molecular weight is 1680 g/mol. The number of carboxylic acid groups (broad SMARTS) is 2. The minimum absolute atomic E-state index is 0.0246. The second kappa shape index (κ2) is 46.2. The number of nitrogens with zero attached hydrogens (tertiary/aromatic N) is 7. The molecule has 5 aliphatic heterocycles. The summed E-state index contributed by atoms with van der Waals surface area (Å²) in [6, 6.07) is 27.2. The second-order valence-electron chi connectivity index (χ2n) is 31.0. The van der Waals surface area contributed by atoms with Crippen molar-refractivity contribution < 1.29 is 125 Å². The first-order valence-electron chi connectivity index (χ1n) is 38.5. The number of alkyl carbamates (subject to hydrolysis) is 2. The molecule has 654 valence electrons. The quantitative estimate of drug-likeness (QED) is 0.0137. The lowest BCUT2D eigenvalue weighted by Crippen LogP contribution is -2.44. The molecule has 0 unspecified atom stereocenters. The topological polar surface area (TPSA) is 476 Å². The molecule has 5 heterocycles. The van der Waals surface area contributed by atoms with Crippen LogP contribution in [-0.2, 0) is 76.1 Å². The molecule has 6 amide bonds. The van der Waals surface area contributed by atoms with Gasteiger partial charge in [-0.25, -0.2) is 47.9 Å². The van der Waals surface area contributed by atoms with E-state index in [-0.39, 0.29) is 89.5 Å². The molecule has 0 radical (unpaired) electrons. The number of carbonyl (C=O) groups excluding carboxylic acids is 10. The Labute approximate surface area is 696 Å². The number of methoxy groups -OCH3 is 3. The number of benzene rings is 4. The molecule has 0 spiro atoms. The fraction of sp³-hybridized carbons (Fsp3) is 0.500. The predicted molar refractivity (Wildman–Crippen MR) is 435 cm³/mol. The molecule has 120 heavy (non-hydrogen) atoms. The summed E-state index contributed by atoms with van der Waals surface area (Å²) in [7, 11) is 3.74. The normalized spacial score (nSPS) is 20.7. The highest BCUT2D eigenvalue weighted by molar-refractivity contribution is 5.86. The van der Waals surface area contributed by atoms with Gasteiger partial charge in [0, 0.05) is 75.5 Å². The Morgan fingerprint density at radius 2 is 0.833 bits per heavy atom. The van der Waals surface area contributed by atoms with Gasteiger partial charge in [0.15, 0.2) is 0 Å². The lowest BCUT2D eigenvalue weighted by atomic mass is 9.98. The smallest absolute Gasteiger partial charge is 0.411 e. The number of aliphatic hydroxyl groups excluding tert-OH is 2. The lowest BCUT2D eigenvalue weighted by Gasteiger charge is -2.27. The number of nitrogens with one attached hydrogen (secondary N) is 3. The van der Waals surface area contributed by atoms with Gasteiger partial charge in [0.25, 0.3) is 0 Å². The Kier molecular flexibility index (Phi) is 37.8. The number of ether oxygens (including phenoxy) is 10. The van der Waals surface area contributed by atoms with Crippen molar-refractivity contribution in [1.29, 1.82) is 0 Å². The minimum Gasteiger partial charge on any atom is -0.480 e. The van der Waals surface area contributed by atoms with Crippen molar-refractivity contribution in [1.82, 2.24) is 35.6 Å². The number of esters is 4. The zero-order chi connectivity index (χ0) is 89.5. The van der Waals surface area contributed by atoms with Gasteiger partial charge in [-0.1, -0.05) is 127 Å². The molecule has 5 saturated heterocycles. The van der Waals surface area contributed by atoms with Crippen LogP contribution in [0.15, 0.2) is 141 Å². The van der Waals surface area contributed by atoms with Gasteiger partial charge in [0.2, 0.25) is 0 Å². The molecular weight excluding hydrogens is 1560 g/mol. The molecular formula is C84H112N10O26. The molecule has 7 N–H and O–H groups in total. The highest BCUT2D eigenvalue weighted by Gasteiger charge is 2.47. The van der Waals surface area contributed by atoms with E-state index in [1.807, 2.05) is 72.8 Å². The number of hydrogen-bond acceptors (Lipinski definition) is 26. The number of carbonyl (C=O) groups is 12. The number of hydrogen-bond donors (Lipinski definition) is 7. The van der Waals surface area contributed by atoms with Crippen molar-refractivity contribution in [3.8, 4) is 22.3 Å². The van der Waals surface area contributed by atoms with Crippen LogP contribution in [0.2, 0.25) is 0 Å². The molecule has 0 bridgehead atoms. The number of aliphatic hydroxyl groups is 2. The number of carboxylic acids is 2. The molecule has 10 atom stereocenters. The van der Waals surface area contributed by atoms with Crippen LogP contribution in [0.25, 0.3) is 32.7 Å². The zero-order valence-corrected chi connectivity index (χ0v) is 69.9. The van der Waals surface area contributed by atoms with E-state index in [1.54, 1.807) is 62.3 Å². The predicted octanol–water partition coefficient (Wildman–Crippen LogP) is 10.2. The summed E-state index contributed by atoms with van der Waals surface area (Å²) >= 11 is 0. The Balaban J connectivity index is 0.000000263. The molecule has 0 aromatic heterocycles. The number of fused-ring (bicyclic) bond motifs is 6. The van der Waals surface area contributed by atoms with Gasteiger partial charge >= 0.3 is 72.4 Å². The van der Waals surface area contributed by atoms with Gasteiger partial charge in [0.05, 0.1) is 58.2 Å². The van der Waals surface area contributed by atoms with Crippen molar-refractivity contribution in [2.24, 2.45) is 5.11 Å². The van der Waals surface area contributed by atoms with Crippen molar-refractivity contribution in [3.05, 3.63) is 168 Å². The van der Waals surface area contributed by atoms with Gasteiger partial charge in [-0.15, -0.1) is 13.2 Å². The van der Waals surface area contributed by atoms with E-state index in [1.165, 1.54) is 77.4 Å².